The summed E-state index contributed by atoms with van der Waals surface area (Å²) in [5.74, 6) is -0.0766. The van der Waals surface area contributed by atoms with Gasteiger partial charge in [-0.25, -0.2) is 9.97 Å². The molecule has 152 valence electrons. The van der Waals surface area contributed by atoms with Crippen LogP contribution in [0.2, 0.25) is 0 Å². The number of carbonyl (C=O) groups is 1. The molecule has 0 spiro atoms. The lowest BCUT2D eigenvalue weighted by Gasteiger charge is -2.25. The van der Waals surface area contributed by atoms with Crippen LogP contribution in [0.4, 0.5) is 0 Å². The summed E-state index contributed by atoms with van der Waals surface area (Å²) in [5, 5.41) is 0. The Kier molecular flexibility index (Phi) is 5.52. The van der Waals surface area contributed by atoms with Gasteiger partial charge in [0, 0.05) is 50.0 Å². The summed E-state index contributed by atoms with van der Waals surface area (Å²) in [4.78, 5) is 32.3. The summed E-state index contributed by atoms with van der Waals surface area (Å²) in [6, 6.07) is 9.69. The summed E-state index contributed by atoms with van der Waals surface area (Å²) < 4.78 is 1.96. The highest BCUT2D eigenvalue weighted by Crippen LogP contribution is 2.17. The third-order valence-electron chi connectivity index (χ3n) is 5.37. The molecule has 0 N–H and O–H groups in total. The molecule has 4 rings (SSSR count). The number of amides is 1. The Labute approximate surface area is 175 Å². The number of aromatic nitrogens is 5. The number of nitrogens with zero attached hydrogens (tertiary/aromatic N) is 6. The Balaban J connectivity index is 1.51. The van der Waals surface area contributed by atoms with Crippen LogP contribution in [0.3, 0.4) is 0 Å². The highest BCUT2D eigenvalue weighted by atomic mass is 16.2. The van der Waals surface area contributed by atoms with E-state index in [1.165, 1.54) is 0 Å². The SMILES string of the molecule is Cc1cccnc1CC(C)N(C)C(=O)c1cnc2c(c1)ncn2Cc1cccnc1. The summed E-state index contributed by atoms with van der Waals surface area (Å²) in [6.07, 6.45) is 9.43. The number of fused-ring (bicyclic) bond motifs is 1. The molecule has 1 unspecified atom stereocenters. The predicted octanol–water partition coefficient (Wildman–Crippen LogP) is 3.28. The molecule has 1 amide bonds. The zero-order valence-corrected chi connectivity index (χ0v) is 17.4. The molecule has 0 aliphatic carbocycles. The zero-order valence-electron chi connectivity index (χ0n) is 17.4. The molecule has 4 aromatic heterocycles. The van der Waals surface area contributed by atoms with E-state index in [4.69, 9.17) is 0 Å². The van der Waals surface area contributed by atoms with Crippen LogP contribution in [-0.4, -0.2) is 48.4 Å². The van der Waals surface area contributed by atoms with Crippen molar-refractivity contribution in [1.29, 1.82) is 0 Å². The maximum atomic E-state index is 13.0. The van der Waals surface area contributed by atoms with Gasteiger partial charge in [0.1, 0.15) is 5.52 Å². The van der Waals surface area contributed by atoms with Crippen molar-refractivity contribution in [1.82, 2.24) is 29.4 Å². The highest BCUT2D eigenvalue weighted by molar-refractivity contribution is 5.96. The molecule has 1 atom stereocenters. The van der Waals surface area contributed by atoms with Gasteiger partial charge in [0.2, 0.25) is 0 Å². The van der Waals surface area contributed by atoms with E-state index in [0.29, 0.717) is 24.0 Å². The molecular formula is C23H24N6O. The van der Waals surface area contributed by atoms with E-state index < -0.39 is 0 Å². The minimum atomic E-state index is -0.0766. The Bertz CT molecular complexity index is 1170. The van der Waals surface area contributed by atoms with E-state index in [2.05, 4.69) is 19.9 Å². The summed E-state index contributed by atoms with van der Waals surface area (Å²) in [7, 11) is 1.82. The number of likely N-dealkylation sites (N-methyl/N-ethyl adjacent to an activating group) is 1. The largest absolute Gasteiger partial charge is 0.339 e. The van der Waals surface area contributed by atoms with Gasteiger partial charge in [0.25, 0.3) is 5.91 Å². The standard InChI is InChI=1S/C23H24N6O/c1-16-6-4-9-25-20(16)10-17(2)28(3)23(30)19-11-21-22(26-13-19)29(15-27-21)14-18-7-5-8-24-12-18/h4-9,11-13,15,17H,10,14H2,1-3H3. The van der Waals surface area contributed by atoms with Crippen LogP contribution in [0, 0.1) is 6.92 Å². The van der Waals surface area contributed by atoms with Crippen molar-refractivity contribution in [2.45, 2.75) is 32.9 Å². The quantitative estimate of drug-likeness (QED) is 0.496. The zero-order chi connectivity index (χ0) is 21.1. The van der Waals surface area contributed by atoms with Gasteiger partial charge in [-0.3, -0.25) is 14.8 Å². The molecule has 0 fully saturated rings. The van der Waals surface area contributed by atoms with Crippen LogP contribution in [0.15, 0.2) is 61.4 Å². The van der Waals surface area contributed by atoms with Crippen molar-refractivity contribution in [3.63, 3.8) is 0 Å². The van der Waals surface area contributed by atoms with Gasteiger partial charge in [0.05, 0.1) is 18.4 Å². The molecule has 4 aromatic rings. The van der Waals surface area contributed by atoms with Gasteiger partial charge in [-0.2, -0.15) is 0 Å². The third-order valence-corrected chi connectivity index (χ3v) is 5.37. The molecule has 30 heavy (non-hydrogen) atoms. The van der Waals surface area contributed by atoms with E-state index in [1.54, 1.807) is 35.9 Å². The normalized spacial score (nSPS) is 12.1. The van der Waals surface area contributed by atoms with Crippen LogP contribution in [-0.2, 0) is 13.0 Å². The summed E-state index contributed by atoms with van der Waals surface area (Å²) in [5.41, 5.74) is 5.18. The fourth-order valence-electron chi connectivity index (χ4n) is 3.42. The molecular weight excluding hydrogens is 376 g/mol. The van der Waals surface area contributed by atoms with Gasteiger partial charge in [0.15, 0.2) is 5.65 Å². The van der Waals surface area contributed by atoms with Crippen molar-refractivity contribution in [2.24, 2.45) is 0 Å². The van der Waals surface area contributed by atoms with Crippen molar-refractivity contribution in [3.8, 4) is 0 Å². The molecule has 0 radical (unpaired) electrons. The lowest BCUT2D eigenvalue weighted by molar-refractivity contribution is 0.0742. The number of rotatable bonds is 6. The molecule has 0 saturated carbocycles. The maximum Gasteiger partial charge on any atom is 0.255 e. The number of imidazole rings is 1. The summed E-state index contributed by atoms with van der Waals surface area (Å²) in [6.45, 7) is 4.70. The first kappa shape index (κ1) is 19.7. The molecule has 0 saturated heterocycles. The molecule has 7 heteroatoms. The van der Waals surface area contributed by atoms with Gasteiger partial charge < -0.3 is 9.47 Å². The van der Waals surface area contributed by atoms with Crippen molar-refractivity contribution < 1.29 is 4.79 Å². The lowest BCUT2D eigenvalue weighted by atomic mass is 10.1. The molecule has 0 aromatic carbocycles. The van der Waals surface area contributed by atoms with Crippen molar-refractivity contribution in [3.05, 3.63) is 83.8 Å². The average Bonchev–Trinajstić information content (AvgIpc) is 3.17. The van der Waals surface area contributed by atoms with E-state index in [-0.39, 0.29) is 11.9 Å². The molecule has 0 aliphatic heterocycles. The van der Waals surface area contributed by atoms with Crippen LogP contribution >= 0.6 is 0 Å². The first-order chi connectivity index (χ1) is 14.5. The van der Waals surface area contributed by atoms with Crippen molar-refractivity contribution in [2.75, 3.05) is 7.05 Å². The van der Waals surface area contributed by atoms with E-state index in [9.17, 15) is 4.79 Å². The second-order valence-electron chi connectivity index (χ2n) is 7.54. The Morgan fingerprint density at radius 3 is 2.73 bits per heavy atom. The minimum absolute atomic E-state index is 0.00457. The van der Waals surface area contributed by atoms with Crippen LogP contribution in [0.5, 0.6) is 0 Å². The fourth-order valence-corrected chi connectivity index (χ4v) is 3.42. The fraction of sp³-hybridized carbons (Fsp3) is 0.261. The second-order valence-corrected chi connectivity index (χ2v) is 7.54. The van der Waals surface area contributed by atoms with E-state index in [1.807, 2.05) is 55.9 Å². The number of carbonyl (C=O) groups excluding carboxylic acids is 1. The maximum absolute atomic E-state index is 13.0. The van der Waals surface area contributed by atoms with Gasteiger partial charge in [-0.15, -0.1) is 0 Å². The molecule has 4 heterocycles. The van der Waals surface area contributed by atoms with Gasteiger partial charge in [-0.05, 0) is 43.2 Å². The smallest absolute Gasteiger partial charge is 0.255 e. The summed E-state index contributed by atoms with van der Waals surface area (Å²) >= 11 is 0. The molecule has 7 nitrogen and oxygen atoms in total. The van der Waals surface area contributed by atoms with E-state index in [0.717, 1.165) is 22.5 Å². The van der Waals surface area contributed by atoms with Gasteiger partial charge in [-0.1, -0.05) is 12.1 Å². The number of hydrogen-bond donors (Lipinski definition) is 0. The highest BCUT2D eigenvalue weighted by Gasteiger charge is 2.20. The monoisotopic (exact) mass is 400 g/mol. The number of hydrogen-bond acceptors (Lipinski definition) is 5. The van der Waals surface area contributed by atoms with Crippen LogP contribution < -0.4 is 0 Å². The van der Waals surface area contributed by atoms with Gasteiger partial charge >= 0.3 is 0 Å². The Morgan fingerprint density at radius 1 is 1.13 bits per heavy atom. The van der Waals surface area contributed by atoms with Crippen LogP contribution in [0.1, 0.15) is 34.1 Å². The first-order valence-electron chi connectivity index (χ1n) is 9.90. The van der Waals surface area contributed by atoms with Crippen LogP contribution in [0.25, 0.3) is 11.2 Å². The molecule has 0 aliphatic rings. The lowest BCUT2D eigenvalue weighted by Crippen LogP contribution is -2.36. The average molecular weight is 400 g/mol. The Hall–Kier alpha value is -3.61. The topological polar surface area (TPSA) is 76.8 Å². The number of aryl methyl sites for hydroxylation is 1. The molecule has 0 bridgehead atoms. The minimum Gasteiger partial charge on any atom is -0.339 e. The second kappa shape index (κ2) is 8.41. The van der Waals surface area contributed by atoms with Crippen molar-refractivity contribution >= 4 is 17.1 Å². The van der Waals surface area contributed by atoms with E-state index >= 15 is 0 Å². The number of pyridine rings is 3. The first-order valence-corrected chi connectivity index (χ1v) is 9.90. The third kappa shape index (κ3) is 4.05. The Morgan fingerprint density at radius 2 is 1.97 bits per heavy atom. The predicted molar refractivity (Wildman–Crippen MR) is 115 cm³/mol.